The molecule has 2 aromatic rings. The molecule has 0 spiro atoms. The quantitative estimate of drug-likeness (QED) is 0.747. The van der Waals surface area contributed by atoms with E-state index < -0.39 is 23.6 Å². The number of hydrogen-bond acceptors (Lipinski definition) is 3. The Morgan fingerprint density at radius 3 is 2.32 bits per heavy atom. The number of carbonyl (C=O) groups is 2. The van der Waals surface area contributed by atoms with Crippen molar-refractivity contribution in [2.24, 2.45) is 0 Å². The number of nitrogens with one attached hydrogen (secondary N) is 2. The predicted octanol–water partition coefficient (Wildman–Crippen LogP) is 4.69. The lowest BCUT2D eigenvalue weighted by Crippen LogP contribution is -2.18. The van der Waals surface area contributed by atoms with E-state index in [2.05, 4.69) is 10.6 Å². The summed E-state index contributed by atoms with van der Waals surface area (Å²) in [7, 11) is 0. The summed E-state index contributed by atoms with van der Waals surface area (Å²) in [4.78, 5) is 23.4. The third kappa shape index (κ3) is 6.00. The summed E-state index contributed by atoms with van der Waals surface area (Å²) < 4.78 is 44.4. The lowest BCUT2D eigenvalue weighted by Gasteiger charge is -2.15. The van der Waals surface area contributed by atoms with Crippen LogP contribution >= 0.6 is 0 Å². The number of alkyl halides is 3. The summed E-state index contributed by atoms with van der Waals surface area (Å²) in [6, 6.07) is 8.34. The highest BCUT2D eigenvalue weighted by Gasteiger charge is 2.31. The van der Waals surface area contributed by atoms with Gasteiger partial charge in [0.15, 0.2) is 0 Å². The van der Waals surface area contributed by atoms with Crippen LogP contribution in [0.3, 0.4) is 0 Å². The maximum Gasteiger partial charge on any atom is 0.416 e. The van der Waals surface area contributed by atoms with Gasteiger partial charge in [-0.1, -0.05) is 17.7 Å². The van der Waals surface area contributed by atoms with Crippen molar-refractivity contribution in [1.82, 2.24) is 0 Å². The fourth-order valence-corrected chi connectivity index (χ4v) is 2.55. The molecule has 2 rings (SSSR count). The van der Waals surface area contributed by atoms with Crippen molar-refractivity contribution in [3.05, 3.63) is 53.1 Å². The average molecular weight is 394 g/mol. The molecule has 0 aliphatic carbocycles. The van der Waals surface area contributed by atoms with E-state index in [-0.39, 0.29) is 24.4 Å². The highest BCUT2D eigenvalue weighted by Crippen LogP contribution is 2.34. The molecule has 5 nitrogen and oxygen atoms in total. The maximum absolute atomic E-state index is 12.9. The third-order valence-corrected chi connectivity index (χ3v) is 3.85. The minimum absolute atomic E-state index is 0.0597. The van der Waals surface area contributed by atoms with Gasteiger partial charge in [-0.2, -0.15) is 13.2 Å². The Hall–Kier alpha value is -3.03. The number of anilines is 2. The summed E-state index contributed by atoms with van der Waals surface area (Å²) in [6.07, 6.45) is -4.64. The van der Waals surface area contributed by atoms with Crippen LogP contribution in [0, 0.1) is 13.8 Å². The van der Waals surface area contributed by atoms with E-state index in [1.807, 2.05) is 26.0 Å². The molecule has 0 atom stereocenters. The number of aryl methyl sites for hydroxylation is 2. The van der Waals surface area contributed by atoms with E-state index in [1.54, 1.807) is 6.07 Å². The van der Waals surface area contributed by atoms with Gasteiger partial charge >= 0.3 is 6.18 Å². The fraction of sp³-hybridized carbons (Fsp3) is 0.300. The van der Waals surface area contributed by atoms with Gasteiger partial charge in [-0.15, -0.1) is 0 Å². The number of rotatable bonds is 6. The Balaban J connectivity index is 2.05. The Labute approximate surface area is 160 Å². The zero-order valence-corrected chi connectivity index (χ0v) is 15.7. The van der Waals surface area contributed by atoms with Crippen LogP contribution in [0.1, 0.15) is 30.0 Å². The van der Waals surface area contributed by atoms with Crippen LogP contribution in [-0.2, 0) is 15.8 Å². The van der Waals surface area contributed by atoms with Crippen molar-refractivity contribution in [1.29, 1.82) is 0 Å². The van der Waals surface area contributed by atoms with Crippen molar-refractivity contribution >= 4 is 23.2 Å². The lowest BCUT2D eigenvalue weighted by molar-refractivity contribution is -0.137. The number of hydrogen-bond donors (Lipinski definition) is 2. The topological polar surface area (TPSA) is 67.4 Å². The molecule has 0 radical (unpaired) electrons. The van der Waals surface area contributed by atoms with Crippen molar-refractivity contribution in [2.45, 2.75) is 33.4 Å². The lowest BCUT2D eigenvalue weighted by atomic mass is 10.1. The molecule has 0 bridgehead atoms. The molecule has 0 heterocycles. The first-order chi connectivity index (χ1) is 13.1. The molecule has 2 N–H and O–H groups in total. The molecule has 28 heavy (non-hydrogen) atoms. The smallest absolute Gasteiger partial charge is 0.416 e. The van der Waals surface area contributed by atoms with E-state index in [1.165, 1.54) is 6.92 Å². The Bertz CT molecular complexity index is 879. The second-order valence-corrected chi connectivity index (χ2v) is 6.35. The third-order valence-electron chi connectivity index (χ3n) is 3.85. The Morgan fingerprint density at radius 2 is 1.71 bits per heavy atom. The van der Waals surface area contributed by atoms with Gasteiger partial charge in [0, 0.05) is 6.92 Å². The van der Waals surface area contributed by atoms with Gasteiger partial charge in [-0.3, -0.25) is 9.59 Å². The van der Waals surface area contributed by atoms with E-state index >= 15 is 0 Å². The molecule has 8 heteroatoms. The van der Waals surface area contributed by atoms with Gasteiger partial charge in [-0.05, 0) is 43.7 Å². The normalized spacial score (nSPS) is 11.1. The molecule has 0 saturated heterocycles. The van der Waals surface area contributed by atoms with Crippen molar-refractivity contribution in [3.8, 4) is 5.75 Å². The van der Waals surface area contributed by atoms with Gasteiger partial charge in [-0.25, -0.2) is 0 Å². The number of benzene rings is 2. The number of ether oxygens (including phenoxy) is 1. The molecule has 150 valence electrons. The summed E-state index contributed by atoms with van der Waals surface area (Å²) in [5.41, 5.74) is 1.04. The van der Waals surface area contributed by atoms with Gasteiger partial charge < -0.3 is 15.4 Å². The molecule has 0 unspecified atom stereocenters. The van der Waals surface area contributed by atoms with E-state index in [4.69, 9.17) is 4.74 Å². The number of amides is 2. The molecule has 0 fully saturated rings. The van der Waals surface area contributed by atoms with E-state index in [0.717, 1.165) is 29.3 Å². The molecular formula is C20H21F3N2O3. The zero-order valence-electron chi connectivity index (χ0n) is 15.7. The summed E-state index contributed by atoms with van der Waals surface area (Å²) in [5.74, 6) is -0.361. The number of halogens is 3. The van der Waals surface area contributed by atoms with Crippen LogP contribution in [0.4, 0.5) is 24.5 Å². The SMILES string of the molecule is CC(=O)Nc1ccc(C(F)(F)F)cc1NC(=O)CCOc1ccc(C)cc1C. The van der Waals surface area contributed by atoms with Crippen LogP contribution in [0.25, 0.3) is 0 Å². The molecule has 0 aliphatic rings. The second-order valence-electron chi connectivity index (χ2n) is 6.35. The molecule has 0 aromatic heterocycles. The highest BCUT2D eigenvalue weighted by atomic mass is 19.4. The van der Waals surface area contributed by atoms with Crippen LogP contribution < -0.4 is 15.4 Å². The Morgan fingerprint density at radius 1 is 1.00 bits per heavy atom. The first-order valence-corrected chi connectivity index (χ1v) is 8.55. The standard InChI is InChI=1S/C20H21F3N2O3/c1-12-4-7-18(13(2)10-12)28-9-8-19(27)25-17-11-15(20(21,22)23)5-6-16(17)24-14(3)26/h4-7,10-11H,8-9H2,1-3H3,(H,24,26)(H,25,27). The van der Waals surface area contributed by atoms with Gasteiger partial charge in [0.25, 0.3) is 0 Å². The first-order valence-electron chi connectivity index (χ1n) is 8.55. The molecule has 0 aliphatic heterocycles. The van der Waals surface area contributed by atoms with Crippen LogP contribution in [0.2, 0.25) is 0 Å². The average Bonchev–Trinajstić information content (AvgIpc) is 2.57. The van der Waals surface area contributed by atoms with Crippen LogP contribution in [0.5, 0.6) is 5.75 Å². The van der Waals surface area contributed by atoms with Gasteiger partial charge in [0.2, 0.25) is 11.8 Å². The van der Waals surface area contributed by atoms with Crippen molar-refractivity contribution < 1.29 is 27.5 Å². The monoisotopic (exact) mass is 394 g/mol. The first kappa shape index (κ1) is 21.3. The van der Waals surface area contributed by atoms with E-state index in [9.17, 15) is 22.8 Å². The minimum Gasteiger partial charge on any atom is -0.493 e. The van der Waals surface area contributed by atoms with Crippen LogP contribution in [-0.4, -0.2) is 18.4 Å². The van der Waals surface area contributed by atoms with Gasteiger partial charge in [0.1, 0.15) is 5.75 Å². The highest BCUT2D eigenvalue weighted by molar-refractivity contribution is 5.99. The van der Waals surface area contributed by atoms with Crippen molar-refractivity contribution in [3.63, 3.8) is 0 Å². The summed E-state index contributed by atoms with van der Waals surface area (Å²) in [5, 5.41) is 4.80. The molecular weight excluding hydrogens is 373 g/mol. The minimum atomic E-state index is -4.57. The van der Waals surface area contributed by atoms with E-state index in [0.29, 0.717) is 5.75 Å². The maximum atomic E-state index is 12.9. The largest absolute Gasteiger partial charge is 0.493 e. The summed E-state index contributed by atoms with van der Waals surface area (Å²) in [6.45, 7) is 5.11. The molecule has 2 amide bonds. The summed E-state index contributed by atoms with van der Waals surface area (Å²) >= 11 is 0. The number of carbonyl (C=O) groups excluding carboxylic acids is 2. The van der Waals surface area contributed by atoms with Crippen LogP contribution in [0.15, 0.2) is 36.4 Å². The fourth-order valence-electron chi connectivity index (χ4n) is 2.55. The predicted molar refractivity (Wildman–Crippen MR) is 100 cm³/mol. The molecule has 0 saturated carbocycles. The zero-order chi connectivity index (χ0) is 20.9. The van der Waals surface area contributed by atoms with Crippen molar-refractivity contribution in [2.75, 3.05) is 17.2 Å². The Kier molecular flexibility index (Phi) is 6.66. The van der Waals surface area contributed by atoms with Gasteiger partial charge in [0.05, 0.1) is 30.0 Å². The second kappa shape index (κ2) is 8.77. The molecule has 2 aromatic carbocycles.